The molecule has 1 aromatic carbocycles. The summed E-state index contributed by atoms with van der Waals surface area (Å²) in [6.45, 7) is 2.50. The van der Waals surface area contributed by atoms with E-state index >= 15 is 0 Å². The molecule has 5 rings (SSSR count). The minimum atomic E-state index is -0.0142. The molecule has 0 aliphatic heterocycles. The van der Waals surface area contributed by atoms with Crippen molar-refractivity contribution in [3.8, 4) is 0 Å². The highest BCUT2D eigenvalue weighted by atomic mass is 32.2. The molecule has 0 bridgehead atoms. The van der Waals surface area contributed by atoms with Gasteiger partial charge in [0.15, 0.2) is 5.78 Å². The van der Waals surface area contributed by atoms with Crippen LogP contribution in [0, 0.1) is 17.3 Å². The lowest BCUT2D eigenvalue weighted by atomic mass is 9.55. The zero-order valence-corrected chi connectivity index (χ0v) is 20.8. The van der Waals surface area contributed by atoms with Gasteiger partial charge in [0.25, 0.3) is 0 Å². The topological polar surface area (TPSA) is 58.9 Å². The van der Waals surface area contributed by atoms with Crippen LogP contribution in [0.5, 0.6) is 0 Å². The first kappa shape index (κ1) is 22.9. The van der Waals surface area contributed by atoms with Crippen LogP contribution in [-0.4, -0.2) is 41.9 Å². The van der Waals surface area contributed by atoms with Gasteiger partial charge in [-0.2, -0.15) is 11.8 Å². The number of methoxy groups -OCH3 is 1. The molecule has 5 heteroatoms. The van der Waals surface area contributed by atoms with Crippen molar-refractivity contribution in [1.82, 2.24) is 0 Å². The number of rotatable bonds is 5. The molecule has 176 valence electrons. The second kappa shape index (κ2) is 8.74. The van der Waals surface area contributed by atoms with Crippen molar-refractivity contribution in [3.63, 3.8) is 0 Å². The van der Waals surface area contributed by atoms with Gasteiger partial charge in [0.2, 0.25) is 0 Å². The van der Waals surface area contributed by atoms with Crippen molar-refractivity contribution in [1.29, 1.82) is 0 Å². The number of thioether (sulfide) groups is 1. The van der Waals surface area contributed by atoms with Crippen molar-refractivity contribution in [3.05, 3.63) is 52.1 Å². The van der Waals surface area contributed by atoms with E-state index in [9.17, 15) is 4.79 Å². The lowest BCUT2D eigenvalue weighted by Gasteiger charge is -2.53. The summed E-state index contributed by atoms with van der Waals surface area (Å²) >= 11 is 1.92. The summed E-state index contributed by atoms with van der Waals surface area (Å²) in [5, 5.41) is 12.4. The van der Waals surface area contributed by atoms with Gasteiger partial charge in [-0.1, -0.05) is 41.9 Å². The van der Waals surface area contributed by atoms with Gasteiger partial charge in [-0.25, -0.2) is 0 Å². The van der Waals surface area contributed by atoms with Crippen LogP contribution in [0.1, 0.15) is 69.4 Å². The molecule has 33 heavy (non-hydrogen) atoms. The van der Waals surface area contributed by atoms with Crippen LogP contribution in [-0.2, 0) is 9.53 Å². The zero-order chi connectivity index (χ0) is 23.2. The molecule has 0 amide bonds. The number of oxime groups is 1. The molecule has 4 atom stereocenters. The van der Waals surface area contributed by atoms with Crippen molar-refractivity contribution in [2.75, 3.05) is 19.1 Å². The zero-order valence-electron chi connectivity index (χ0n) is 20.0. The van der Waals surface area contributed by atoms with Crippen LogP contribution in [0.3, 0.4) is 0 Å². The van der Waals surface area contributed by atoms with Gasteiger partial charge >= 0.3 is 0 Å². The number of ether oxygens (including phenoxy) is 1. The Kier molecular flexibility index (Phi) is 6.07. The third-order valence-electron chi connectivity index (χ3n) is 9.40. The van der Waals surface area contributed by atoms with Crippen LogP contribution < -0.4 is 0 Å². The summed E-state index contributed by atoms with van der Waals surface area (Å²) in [4.78, 5) is 13.2. The Hall–Kier alpha value is -1.85. The van der Waals surface area contributed by atoms with E-state index in [1.165, 1.54) is 30.2 Å². The number of Topliss-reactive ketones (excluding diaryl/α,β-unsaturated/α-hetero) is 1. The predicted octanol–water partition coefficient (Wildman–Crippen LogP) is 6.28. The van der Waals surface area contributed by atoms with Gasteiger partial charge in [-0.3, -0.25) is 4.79 Å². The summed E-state index contributed by atoms with van der Waals surface area (Å²) in [6, 6.07) is 7.82. The summed E-state index contributed by atoms with van der Waals surface area (Å²) in [6.07, 6.45) is 11.9. The molecule has 2 saturated carbocycles. The van der Waals surface area contributed by atoms with Gasteiger partial charge in [0.05, 0.1) is 11.8 Å². The van der Waals surface area contributed by atoms with Gasteiger partial charge in [0.1, 0.15) is 0 Å². The summed E-state index contributed by atoms with van der Waals surface area (Å²) in [7, 11) is 1.92. The maximum atomic E-state index is 13.2. The highest BCUT2D eigenvalue weighted by molar-refractivity contribution is 7.98. The predicted molar refractivity (Wildman–Crippen MR) is 135 cm³/mol. The quantitative estimate of drug-likeness (QED) is 0.316. The van der Waals surface area contributed by atoms with E-state index in [-0.39, 0.29) is 16.8 Å². The molecule has 4 aliphatic rings. The van der Waals surface area contributed by atoms with Crippen molar-refractivity contribution >= 4 is 29.3 Å². The van der Waals surface area contributed by atoms with Crippen LogP contribution in [0.25, 0.3) is 5.57 Å². The largest absolute Gasteiger partial charge is 0.411 e. The average Bonchev–Trinajstić information content (AvgIpc) is 3.12. The number of carbonyl (C=O) groups is 1. The number of hydrogen-bond acceptors (Lipinski definition) is 5. The first-order valence-corrected chi connectivity index (χ1v) is 13.7. The van der Waals surface area contributed by atoms with Crippen LogP contribution in [0.15, 0.2) is 46.1 Å². The third-order valence-corrected chi connectivity index (χ3v) is 10.2. The van der Waals surface area contributed by atoms with E-state index in [2.05, 4.69) is 18.3 Å². The Morgan fingerprint density at radius 1 is 1.15 bits per heavy atom. The number of carbonyl (C=O) groups excluding carboxylic acids is 1. The Bertz CT molecular complexity index is 1060. The van der Waals surface area contributed by atoms with E-state index in [0.717, 1.165) is 54.6 Å². The number of allylic oxidation sites excluding steroid dienone is 4. The van der Waals surface area contributed by atoms with Gasteiger partial charge in [0, 0.05) is 35.8 Å². The van der Waals surface area contributed by atoms with Crippen LogP contribution >= 0.6 is 11.8 Å². The Labute approximate surface area is 201 Å². The molecule has 0 saturated heterocycles. The normalized spacial score (nSPS) is 34.0. The number of nitrogens with zero attached hydrogens (tertiary/aromatic N) is 1. The van der Waals surface area contributed by atoms with Crippen LogP contribution in [0.4, 0.5) is 0 Å². The average molecular weight is 466 g/mol. The van der Waals surface area contributed by atoms with E-state index in [4.69, 9.17) is 9.94 Å². The number of fused-ring (bicyclic) bond motifs is 4. The minimum absolute atomic E-state index is 0.0142. The molecular weight excluding hydrogens is 430 g/mol. The summed E-state index contributed by atoms with van der Waals surface area (Å²) < 4.78 is 6.30. The maximum absolute atomic E-state index is 13.2. The first-order valence-electron chi connectivity index (χ1n) is 12.3. The van der Waals surface area contributed by atoms with Crippen LogP contribution in [0.2, 0.25) is 0 Å². The van der Waals surface area contributed by atoms with E-state index in [1.54, 1.807) is 5.57 Å². The Balaban J connectivity index is 1.59. The fourth-order valence-electron chi connectivity index (χ4n) is 7.80. The molecule has 0 aromatic heterocycles. The summed E-state index contributed by atoms with van der Waals surface area (Å²) in [5.74, 6) is 2.58. The Morgan fingerprint density at radius 2 is 1.97 bits per heavy atom. The minimum Gasteiger partial charge on any atom is -0.411 e. The molecule has 4 aliphatic carbocycles. The highest BCUT2D eigenvalue weighted by Crippen LogP contribution is 2.65. The molecule has 0 spiro atoms. The van der Waals surface area contributed by atoms with Gasteiger partial charge < -0.3 is 9.94 Å². The molecule has 0 unspecified atom stereocenters. The monoisotopic (exact) mass is 465 g/mol. The number of benzene rings is 1. The molecule has 1 aromatic rings. The molecule has 2 fully saturated rings. The van der Waals surface area contributed by atoms with Gasteiger partial charge in [-0.05, 0) is 79.7 Å². The second-order valence-corrected chi connectivity index (χ2v) is 11.3. The number of hydrogen-bond donors (Lipinski definition) is 1. The SMILES string of the molecule is CO[C@@]1(CSC)CC[C@H]2[C@@H]3CCC4=C(c5ccccc5/C=N\O)C(=O)CCC4=C3CC[C@@]21C. The van der Waals surface area contributed by atoms with E-state index in [1.807, 2.05) is 43.1 Å². The third kappa shape index (κ3) is 3.37. The van der Waals surface area contributed by atoms with Crippen molar-refractivity contribution in [2.45, 2.75) is 63.9 Å². The van der Waals surface area contributed by atoms with Gasteiger partial charge in [-0.15, -0.1) is 0 Å². The fraction of sp³-hybridized carbons (Fsp3) is 0.571. The van der Waals surface area contributed by atoms with E-state index < -0.39 is 0 Å². The van der Waals surface area contributed by atoms with E-state index in [0.29, 0.717) is 18.3 Å². The smallest absolute Gasteiger partial charge is 0.164 e. The fourth-order valence-corrected chi connectivity index (χ4v) is 8.86. The highest BCUT2D eigenvalue weighted by Gasteiger charge is 2.61. The molecule has 0 radical (unpaired) electrons. The first-order chi connectivity index (χ1) is 16.0. The molecule has 4 nitrogen and oxygen atoms in total. The molecular formula is C28H35NO3S. The Morgan fingerprint density at radius 3 is 2.73 bits per heavy atom. The summed E-state index contributed by atoms with van der Waals surface area (Å²) in [5.41, 5.74) is 7.15. The molecule has 0 heterocycles. The number of ketones is 1. The standard InChI is InChI=1S/C28H35NO3S/c1-27-14-12-21-20-10-11-25(30)26(19-7-5-4-6-18(19)16-29-31)23(20)9-8-22(21)24(27)13-15-28(27,32-2)17-33-3/h4-7,16,22,24,31H,8-15,17H2,1-3H3/b29-16-/t22-,24+,27+,28-/m1/s1. The molecule has 1 N–H and O–H groups in total. The second-order valence-electron chi connectivity index (χ2n) is 10.5. The van der Waals surface area contributed by atoms with Crippen molar-refractivity contribution in [2.24, 2.45) is 22.4 Å². The maximum Gasteiger partial charge on any atom is 0.164 e. The lowest BCUT2D eigenvalue weighted by Crippen LogP contribution is -2.52. The lowest BCUT2D eigenvalue weighted by molar-refractivity contribution is -0.114. The van der Waals surface area contributed by atoms with Crippen molar-refractivity contribution < 1.29 is 14.7 Å².